The Balaban J connectivity index is 1.91. The van der Waals surface area contributed by atoms with Gasteiger partial charge in [-0.05, 0) is 43.6 Å². The zero-order chi connectivity index (χ0) is 13.1. The van der Waals surface area contributed by atoms with Crippen molar-refractivity contribution < 1.29 is 4.79 Å². The van der Waals surface area contributed by atoms with Gasteiger partial charge in [0.05, 0.1) is 5.92 Å². The molecule has 1 N–H and O–H groups in total. The van der Waals surface area contributed by atoms with Crippen molar-refractivity contribution in [1.82, 2.24) is 10.2 Å². The van der Waals surface area contributed by atoms with E-state index in [4.69, 9.17) is 0 Å². The quantitative estimate of drug-likeness (QED) is 0.816. The molecule has 0 aliphatic carbocycles. The molecule has 0 aromatic heterocycles. The van der Waals surface area contributed by atoms with Crippen LogP contribution in [0.25, 0.3) is 0 Å². The van der Waals surface area contributed by atoms with Crippen LogP contribution in [0.1, 0.15) is 40.0 Å². The Morgan fingerprint density at radius 3 is 2.61 bits per heavy atom. The van der Waals surface area contributed by atoms with Crippen LogP contribution in [0, 0.1) is 23.7 Å². The maximum Gasteiger partial charge on any atom is 0.227 e. The van der Waals surface area contributed by atoms with Crippen LogP contribution in [0.3, 0.4) is 0 Å². The molecule has 0 bridgehead atoms. The van der Waals surface area contributed by atoms with Gasteiger partial charge >= 0.3 is 0 Å². The van der Waals surface area contributed by atoms with Crippen LogP contribution in [0.2, 0.25) is 0 Å². The molecule has 0 radical (unpaired) electrons. The molecule has 0 spiro atoms. The van der Waals surface area contributed by atoms with Gasteiger partial charge in [0, 0.05) is 19.6 Å². The number of amides is 1. The molecule has 0 saturated carbocycles. The van der Waals surface area contributed by atoms with Crippen LogP contribution in [-0.4, -0.2) is 37.0 Å². The fourth-order valence-corrected chi connectivity index (χ4v) is 3.38. The summed E-state index contributed by atoms with van der Waals surface area (Å²) in [5.74, 6) is 2.69. The molecule has 0 aromatic carbocycles. The third-order valence-electron chi connectivity index (χ3n) is 4.86. The number of carbonyl (C=O) groups is 1. The Kier molecular flexibility index (Phi) is 4.66. The Labute approximate surface area is 111 Å². The first-order valence-electron chi connectivity index (χ1n) is 7.59. The summed E-state index contributed by atoms with van der Waals surface area (Å²) >= 11 is 0. The minimum atomic E-state index is 0.223. The second-order valence-corrected chi connectivity index (χ2v) is 6.50. The van der Waals surface area contributed by atoms with E-state index in [9.17, 15) is 4.79 Å². The molecular formula is C15H28N2O. The molecule has 2 heterocycles. The fraction of sp³-hybridized carbons (Fsp3) is 0.933. The van der Waals surface area contributed by atoms with Crippen molar-refractivity contribution in [1.29, 1.82) is 0 Å². The zero-order valence-corrected chi connectivity index (χ0v) is 12.1. The van der Waals surface area contributed by atoms with E-state index in [1.807, 2.05) is 0 Å². The number of carbonyl (C=O) groups excluding carboxylic acids is 1. The maximum atomic E-state index is 12.5. The lowest BCUT2D eigenvalue weighted by molar-refractivity contribution is -0.135. The van der Waals surface area contributed by atoms with Gasteiger partial charge in [0.25, 0.3) is 0 Å². The normalized spacial score (nSPS) is 33.8. The number of likely N-dealkylation sites (tertiary alicyclic amines) is 1. The van der Waals surface area contributed by atoms with Crippen molar-refractivity contribution in [3.8, 4) is 0 Å². The topological polar surface area (TPSA) is 32.3 Å². The molecule has 3 heteroatoms. The molecule has 1 amide bonds. The van der Waals surface area contributed by atoms with E-state index < -0.39 is 0 Å². The SMILES string of the molecule is CC(C)C1CCCN(C(=O)[C@@H]2CNC[C@H]2C)CC1. The monoisotopic (exact) mass is 252 g/mol. The van der Waals surface area contributed by atoms with E-state index in [2.05, 4.69) is 31.0 Å². The van der Waals surface area contributed by atoms with E-state index >= 15 is 0 Å². The van der Waals surface area contributed by atoms with Gasteiger partial charge in [-0.25, -0.2) is 0 Å². The first kappa shape index (κ1) is 13.9. The van der Waals surface area contributed by atoms with Gasteiger partial charge in [-0.15, -0.1) is 0 Å². The summed E-state index contributed by atoms with van der Waals surface area (Å²) in [4.78, 5) is 14.7. The van der Waals surface area contributed by atoms with E-state index in [1.54, 1.807) is 0 Å². The van der Waals surface area contributed by atoms with Gasteiger partial charge in [-0.3, -0.25) is 4.79 Å². The smallest absolute Gasteiger partial charge is 0.227 e. The molecule has 3 atom stereocenters. The third kappa shape index (κ3) is 3.05. The lowest BCUT2D eigenvalue weighted by Crippen LogP contribution is -2.39. The molecular weight excluding hydrogens is 224 g/mol. The Hall–Kier alpha value is -0.570. The first-order valence-corrected chi connectivity index (χ1v) is 7.59. The summed E-state index contributed by atoms with van der Waals surface area (Å²) < 4.78 is 0. The van der Waals surface area contributed by atoms with Gasteiger partial charge < -0.3 is 10.2 Å². The third-order valence-corrected chi connectivity index (χ3v) is 4.86. The minimum absolute atomic E-state index is 0.223. The highest BCUT2D eigenvalue weighted by molar-refractivity contribution is 5.79. The standard InChI is InChI=1S/C15H28N2O/c1-11(2)13-5-4-7-17(8-6-13)15(18)14-10-16-9-12(14)3/h11-14,16H,4-10H2,1-3H3/t12-,13?,14-/m1/s1. The van der Waals surface area contributed by atoms with Gasteiger partial charge in [0.15, 0.2) is 0 Å². The van der Waals surface area contributed by atoms with Gasteiger partial charge in [-0.2, -0.15) is 0 Å². The lowest BCUT2D eigenvalue weighted by Gasteiger charge is -2.26. The first-order chi connectivity index (χ1) is 8.59. The molecule has 1 unspecified atom stereocenters. The highest BCUT2D eigenvalue weighted by Gasteiger charge is 2.33. The number of rotatable bonds is 2. The molecule has 2 aliphatic heterocycles. The van der Waals surface area contributed by atoms with Gasteiger partial charge in [0.1, 0.15) is 0 Å². The summed E-state index contributed by atoms with van der Waals surface area (Å²) in [5.41, 5.74) is 0. The summed E-state index contributed by atoms with van der Waals surface area (Å²) in [6.07, 6.45) is 3.67. The highest BCUT2D eigenvalue weighted by Crippen LogP contribution is 2.26. The van der Waals surface area contributed by atoms with Crippen LogP contribution in [0.15, 0.2) is 0 Å². The van der Waals surface area contributed by atoms with Crippen LogP contribution in [0.4, 0.5) is 0 Å². The van der Waals surface area contributed by atoms with E-state index in [1.165, 1.54) is 19.3 Å². The second kappa shape index (κ2) is 6.05. The molecule has 104 valence electrons. The van der Waals surface area contributed by atoms with Gasteiger partial charge in [-0.1, -0.05) is 20.8 Å². The van der Waals surface area contributed by atoms with Crippen LogP contribution < -0.4 is 5.32 Å². The summed E-state index contributed by atoms with van der Waals surface area (Å²) in [5, 5.41) is 3.34. The van der Waals surface area contributed by atoms with E-state index in [-0.39, 0.29) is 5.92 Å². The summed E-state index contributed by atoms with van der Waals surface area (Å²) in [6.45, 7) is 10.6. The number of nitrogens with zero attached hydrogens (tertiary/aromatic N) is 1. The average Bonchev–Trinajstić information content (AvgIpc) is 2.63. The Morgan fingerprint density at radius 2 is 2.00 bits per heavy atom. The minimum Gasteiger partial charge on any atom is -0.342 e. The van der Waals surface area contributed by atoms with Crippen molar-refractivity contribution in [2.24, 2.45) is 23.7 Å². The molecule has 2 aliphatic rings. The predicted molar refractivity (Wildman–Crippen MR) is 74.3 cm³/mol. The molecule has 3 nitrogen and oxygen atoms in total. The van der Waals surface area contributed by atoms with Crippen molar-refractivity contribution in [2.45, 2.75) is 40.0 Å². The number of hydrogen-bond acceptors (Lipinski definition) is 2. The number of hydrogen-bond donors (Lipinski definition) is 1. The number of nitrogens with one attached hydrogen (secondary N) is 1. The predicted octanol–water partition coefficient (Wildman–Crippen LogP) is 2.13. The summed E-state index contributed by atoms with van der Waals surface area (Å²) in [7, 11) is 0. The molecule has 18 heavy (non-hydrogen) atoms. The van der Waals surface area contributed by atoms with Crippen LogP contribution in [0.5, 0.6) is 0 Å². The van der Waals surface area contributed by atoms with Crippen LogP contribution >= 0.6 is 0 Å². The van der Waals surface area contributed by atoms with E-state index in [0.29, 0.717) is 11.8 Å². The van der Waals surface area contributed by atoms with Crippen LogP contribution in [-0.2, 0) is 4.79 Å². The highest BCUT2D eigenvalue weighted by atomic mass is 16.2. The fourth-order valence-electron chi connectivity index (χ4n) is 3.38. The average molecular weight is 252 g/mol. The van der Waals surface area contributed by atoms with E-state index in [0.717, 1.165) is 38.0 Å². The zero-order valence-electron chi connectivity index (χ0n) is 12.1. The maximum absolute atomic E-state index is 12.5. The van der Waals surface area contributed by atoms with Crippen molar-refractivity contribution in [3.63, 3.8) is 0 Å². The Morgan fingerprint density at radius 1 is 1.22 bits per heavy atom. The van der Waals surface area contributed by atoms with Crippen molar-refractivity contribution in [3.05, 3.63) is 0 Å². The molecule has 0 aromatic rings. The molecule has 2 rings (SSSR count). The largest absolute Gasteiger partial charge is 0.342 e. The van der Waals surface area contributed by atoms with Gasteiger partial charge in [0.2, 0.25) is 5.91 Å². The lowest BCUT2D eigenvalue weighted by atomic mass is 9.89. The van der Waals surface area contributed by atoms with Crippen molar-refractivity contribution in [2.75, 3.05) is 26.2 Å². The molecule has 2 fully saturated rings. The summed E-state index contributed by atoms with van der Waals surface area (Å²) in [6, 6.07) is 0. The van der Waals surface area contributed by atoms with Crippen molar-refractivity contribution >= 4 is 5.91 Å². The Bertz CT molecular complexity index is 290. The molecule has 2 saturated heterocycles. The second-order valence-electron chi connectivity index (χ2n) is 6.50.